The van der Waals surface area contributed by atoms with Crippen LogP contribution < -0.4 is 15.1 Å². The molecule has 3 aromatic rings. The van der Waals surface area contributed by atoms with Crippen LogP contribution in [0.1, 0.15) is 26.5 Å². The molecular weight excluding hydrogens is 452 g/mol. The first-order valence-corrected chi connectivity index (χ1v) is 12.1. The Bertz CT molecular complexity index is 1200. The topological polar surface area (TPSA) is 81.9 Å². The molecule has 0 unspecified atom stereocenters. The van der Waals surface area contributed by atoms with Crippen molar-refractivity contribution in [3.8, 4) is 0 Å². The lowest BCUT2D eigenvalue weighted by atomic mass is 9.95. The number of hydrogen-bond donors (Lipinski definition) is 1. The molecule has 5 heterocycles. The zero-order valence-electron chi connectivity index (χ0n) is 20.1. The molecule has 34 heavy (non-hydrogen) atoms. The van der Waals surface area contributed by atoms with Crippen molar-refractivity contribution in [2.24, 2.45) is 5.92 Å². The fourth-order valence-corrected chi connectivity index (χ4v) is 4.85. The Balaban J connectivity index is 1.24. The molecule has 2 aliphatic heterocycles. The van der Waals surface area contributed by atoms with Crippen LogP contribution in [0.2, 0.25) is 5.02 Å². The van der Waals surface area contributed by atoms with Gasteiger partial charge in [0.25, 0.3) is 0 Å². The van der Waals surface area contributed by atoms with Crippen molar-refractivity contribution >= 4 is 34.9 Å². The number of hydrogen-bond acceptors (Lipinski definition) is 7. The summed E-state index contributed by atoms with van der Waals surface area (Å²) in [7, 11) is 2.14. The van der Waals surface area contributed by atoms with Gasteiger partial charge in [0, 0.05) is 45.0 Å². The van der Waals surface area contributed by atoms with Crippen molar-refractivity contribution in [3.63, 3.8) is 0 Å². The molecule has 9 nitrogen and oxygen atoms in total. The van der Waals surface area contributed by atoms with Gasteiger partial charge in [0.05, 0.1) is 29.5 Å². The number of nitrogens with zero attached hydrogens (tertiary/aromatic N) is 7. The maximum absolute atomic E-state index is 13.1. The third-order valence-corrected chi connectivity index (χ3v) is 7.27. The number of nitrogens with one attached hydrogen (secondary N) is 1. The normalized spacial score (nSPS) is 20.0. The molecule has 0 aliphatic carbocycles. The number of aromatic nitrogens is 4. The van der Waals surface area contributed by atoms with Crippen molar-refractivity contribution in [1.29, 1.82) is 0 Å². The summed E-state index contributed by atoms with van der Waals surface area (Å²) in [5.41, 5.74) is 1.24. The van der Waals surface area contributed by atoms with Crippen LogP contribution in [0.3, 0.4) is 0 Å². The number of anilines is 2. The minimum absolute atomic E-state index is 0.0189. The van der Waals surface area contributed by atoms with Crippen LogP contribution in [0.25, 0.3) is 5.65 Å². The minimum Gasteiger partial charge on any atom is -0.353 e. The van der Waals surface area contributed by atoms with Crippen molar-refractivity contribution in [2.45, 2.75) is 32.4 Å². The molecular formula is C24H31ClN8O. The van der Waals surface area contributed by atoms with Gasteiger partial charge in [-0.2, -0.15) is 4.98 Å². The number of carbonyl (C=O) groups excluding carboxylic acids is 1. The molecule has 3 aromatic heterocycles. The molecule has 1 amide bonds. The first-order valence-electron chi connectivity index (χ1n) is 11.7. The van der Waals surface area contributed by atoms with E-state index in [2.05, 4.69) is 44.0 Å². The maximum atomic E-state index is 13.1. The van der Waals surface area contributed by atoms with Gasteiger partial charge in [-0.3, -0.25) is 4.79 Å². The number of amides is 1. The van der Waals surface area contributed by atoms with Gasteiger partial charge in [-0.15, -0.1) is 0 Å². The zero-order chi connectivity index (χ0) is 24.0. The van der Waals surface area contributed by atoms with E-state index >= 15 is 0 Å². The zero-order valence-corrected chi connectivity index (χ0v) is 20.8. The molecule has 0 spiro atoms. The highest BCUT2D eigenvalue weighted by atomic mass is 35.5. The third-order valence-electron chi connectivity index (χ3n) is 7.00. The van der Waals surface area contributed by atoms with Crippen LogP contribution in [0.5, 0.6) is 0 Å². The highest BCUT2D eigenvalue weighted by Gasteiger charge is 2.38. The van der Waals surface area contributed by atoms with Gasteiger partial charge in [-0.25, -0.2) is 9.97 Å². The Labute approximate surface area is 204 Å². The number of pyridine rings is 1. The number of fused-ring (bicyclic) bond motifs is 1. The van der Waals surface area contributed by atoms with Crippen molar-refractivity contribution in [3.05, 3.63) is 47.5 Å². The Hall–Kier alpha value is -2.91. The molecule has 2 aliphatic rings. The molecule has 1 atom stereocenters. The largest absolute Gasteiger partial charge is 0.353 e. The van der Waals surface area contributed by atoms with Crippen molar-refractivity contribution < 1.29 is 4.79 Å². The van der Waals surface area contributed by atoms with E-state index in [1.165, 1.54) is 0 Å². The van der Waals surface area contributed by atoms with E-state index in [-0.39, 0.29) is 11.8 Å². The van der Waals surface area contributed by atoms with Gasteiger partial charge < -0.3 is 24.4 Å². The molecule has 5 rings (SSSR count). The summed E-state index contributed by atoms with van der Waals surface area (Å²) in [5.74, 6) is 1.28. The minimum atomic E-state index is -0.559. The van der Waals surface area contributed by atoms with Crippen LogP contribution in [-0.2, 0) is 10.3 Å². The SMILES string of the molecule is C[C@@H]1CN(c2ncc(Cl)c(N3CC(C(=O)NC(C)(C)c4cnc5ccccn45)C3)n2)CCN1C. The van der Waals surface area contributed by atoms with E-state index in [0.29, 0.717) is 35.9 Å². The Morgan fingerprint density at radius 3 is 2.68 bits per heavy atom. The van der Waals surface area contributed by atoms with Gasteiger partial charge in [-0.1, -0.05) is 17.7 Å². The van der Waals surface area contributed by atoms with Crippen LogP contribution >= 0.6 is 11.6 Å². The summed E-state index contributed by atoms with van der Waals surface area (Å²) in [6.07, 6.45) is 5.46. The quantitative estimate of drug-likeness (QED) is 0.598. The Morgan fingerprint density at radius 1 is 1.12 bits per heavy atom. The standard InChI is InChI=1S/C24H31ClN8O/c1-16-13-31(10-9-30(16)4)23-27-11-18(25)21(28-23)32-14-17(15-32)22(34)29-24(2,3)19-12-26-20-7-5-6-8-33(19)20/h5-8,11-12,16-17H,9-10,13-15H2,1-4H3,(H,29,34)/t16-/m1/s1. The van der Waals surface area contributed by atoms with E-state index in [4.69, 9.17) is 16.6 Å². The molecule has 0 saturated carbocycles. The lowest BCUT2D eigenvalue weighted by Gasteiger charge is -2.41. The maximum Gasteiger partial charge on any atom is 0.227 e. The summed E-state index contributed by atoms with van der Waals surface area (Å²) < 4.78 is 2.01. The predicted molar refractivity (Wildman–Crippen MR) is 133 cm³/mol. The van der Waals surface area contributed by atoms with Crippen LogP contribution in [0, 0.1) is 5.92 Å². The third kappa shape index (κ3) is 4.18. The first kappa shape index (κ1) is 22.9. The lowest BCUT2D eigenvalue weighted by Crippen LogP contribution is -2.57. The molecule has 0 bridgehead atoms. The fraction of sp³-hybridized carbons (Fsp3) is 0.500. The summed E-state index contributed by atoms with van der Waals surface area (Å²) in [6.45, 7) is 10.1. The first-order chi connectivity index (χ1) is 16.2. The second-order valence-electron chi connectivity index (χ2n) is 9.91. The van der Waals surface area contributed by atoms with Crippen LogP contribution in [-0.4, -0.2) is 76.0 Å². The molecule has 180 valence electrons. The summed E-state index contributed by atoms with van der Waals surface area (Å²) in [6, 6.07) is 6.30. The van der Waals surface area contributed by atoms with E-state index < -0.39 is 5.54 Å². The Kier molecular flexibility index (Phi) is 5.85. The van der Waals surface area contributed by atoms with Gasteiger partial charge in [-0.05, 0) is 40.0 Å². The predicted octanol–water partition coefficient (Wildman–Crippen LogP) is 2.41. The lowest BCUT2D eigenvalue weighted by molar-refractivity contribution is -0.127. The molecule has 1 N–H and O–H groups in total. The average molecular weight is 483 g/mol. The number of rotatable bonds is 5. The van der Waals surface area contributed by atoms with E-state index in [0.717, 1.165) is 31.0 Å². The summed E-state index contributed by atoms with van der Waals surface area (Å²) in [5, 5.41) is 3.72. The second-order valence-corrected chi connectivity index (χ2v) is 10.3. The van der Waals surface area contributed by atoms with Crippen molar-refractivity contribution in [2.75, 3.05) is 49.6 Å². The summed E-state index contributed by atoms with van der Waals surface area (Å²) in [4.78, 5) is 33.4. The van der Waals surface area contributed by atoms with Gasteiger partial charge in [0.1, 0.15) is 10.7 Å². The van der Waals surface area contributed by atoms with Gasteiger partial charge >= 0.3 is 0 Å². The number of piperazine rings is 1. The van der Waals surface area contributed by atoms with Crippen LogP contribution in [0.15, 0.2) is 36.8 Å². The van der Waals surface area contributed by atoms with Crippen LogP contribution in [0.4, 0.5) is 11.8 Å². The number of likely N-dealkylation sites (N-methyl/N-ethyl adjacent to an activating group) is 1. The molecule has 10 heteroatoms. The second kappa shape index (κ2) is 8.70. The molecule has 2 fully saturated rings. The number of carbonyl (C=O) groups is 1. The number of halogens is 1. The highest BCUT2D eigenvalue weighted by molar-refractivity contribution is 6.32. The smallest absolute Gasteiger partial charge is 0.227 e. The fourth-order valence-electron chi connectivity index (χ4n) is 4.64. The Morgan fingerprint density at radius 2 is 1.91 bits per heavy atom. The van der Waals surface area contributed by atoms with E-state index in [1.807, 2.05) is 48.8 Å². The van der Waals surface area contributed by atoms with Crippen molar-refractivity contribution in [1.82, 2.24) is 29.6 Å². The monoisotopic (exact) mass is 482 g/mol. The highest BCUT2D eigenvalue weighted by Crippen LogP contribution is 2.32. The van der Waals surface area contributed by atoms with Gasteiger partial charge in [0.15, 0.2) is 5.82 Å². The molecule has 2 saturated heterocycles. The number of imidazole rings is 1. The van der Waals surface area contributed by atoms with E-state index in [1.54, 1.807) is 6.20 Å². The van der Waals surface area contributed by atoms with Gasteiger partial charge in [0.2, 0.25) is 11.9 Å². The summed E-state index contributed by atoms with van der Waals surface area (Å²) >= 11 is 6.45. The molecule has 0 aromatic carbocycles. The van der Waals surface area contributed by atoms with E-state index in [9.17, 15) is 4.79 Å². The molecule has 0 radical (unpaired) electrons. The average Bonchev–Trinajstić information content (AvgIpc) is 3.21.